The van der Waals surface area contributed by atoms with Gasteiger partial charge in [0.1, 0.15) is 11.3 Å². The number of aromatic nitrogens is 2. The van der Waals surface area contributed by atoms with Gasteiger partial charge in [0.2, 0.25) is 5.88 Å². The predicted molar refractivity (Wildman–Crippen MR) is 89.5 cm³/mol. The van der Waals surface area contributed by atoms with Crippen LogP contribution in [-0.2, 0) is 9.47 Å². The number of carbonyl (C=O) groups is 1. The van der Waals surface area contributed by atoms with E-state index in [2.05, 4.69) is 16.9 Å². The van der Waals surface area contributed by atoms with Gasteiger partial charge in [-0.2, -0.15) is 0 Å². The summed E-state index contributed by atoms with van der Waals surface area (Å²) in [5, 5.41) is 0. The summed E-state index contributed by atoms with van der Waals surface area (Å²) in [6.07, 6.45) is 7.24. The van der Waals surface area contributed by atoms with Gasteiger partial charge in [0.15, 0.2) is 0 Å². The topological polar surface area (TPSA) is 73.8 Å². The first-order chi connectivity index (χ1) is 12.2. The summed E-state index contributed by atoms with van der Waals surface area (Å²) < 4.78 is 17.3. The van der Waals surface area contributed by atoms with Crippen molar-refractivity contribution in [2.45, 2.75) is 44.3 Å². The lowest BCUT2D eigenvalue weighted by atomic mass is 9.98. The lowest BCUT2D eigenvalue weighted by Crippen LogP contribution is -2.57. The van der Waals surface area contributed by atoms with Crippen molar-refractivity contribution in [2.24, 2.45) is 5.92 Å². The van der Waals surface area contributed by atoms with E-state index in [-0.39, 0.29) is 17.6 Å². The quantitative estimate of drug-likeness (QED) is 0.807. The third-order valence-electron chi connectivity index (χ3n) is 5.14. The molecule has 1 aromatic heterocycles. The van der Waals surface area contributed by atoms with Crippen LogP contribution >= 0.6 is 0 Å². The number of hydrogen-bond acceptors (Lipinski definition) is 6. The van der Waals surface area contributed by atoms with E-state index >= 15 is 0 Å². The van der Waals surface area contributed by atoms with Gasteiger partial charge < -0.3 is 19.1 Å². The van der Waals surface area contributed by atoms with Crippen LogP contribution in [0, 0.1) is 5.92 Å². The molecule has 3 fully saturated rings. The largest absolute Gasteiger partial charge is 0.476 e. The summed E-state index contributed by atoms with van der Waals surface area (Å²) in [5.74, 6) is 1.04. The summed E-state index contributed by atoms with van der Waals surface area (Å²) in [7, 11) is 0. The van der Waals surface area contributed by atoms with Gasteiger partial charge in [-0.3, -0.25) is 4.79 Å². The summed E-state index contributed by atoms with van der Waals surface area (Å²) in [5.41, 5.74) is -0.0143. The number of morpholine rings is 1. The fraction of sp³-hybridized carbons (Fsp3) is 0.722. The summed E-state index contributed by atoms with van der Waals surface area (Å²) in [6, 6.07) is 0. The first-order valence-corrected chi connectivity index (χ1v) is 9.17. The molecule has 1 aliphatic carbocycles. The normalized spacial score (nSPS) is 29.2. The molecule has 1 saturated carbocycles. The van der Waals surface area contributed by atoms with Crippen molar-refractivity contribution in [3.63, 3.8) is 0 Å². The zero-order chi connectivity index (χ0) is 17.3. The monoisotopic (exact) mass is 347 g/mol. The Hall–Kier alpha value is -1.73. The standard InChI is InChI=1S/C18H25N3O4/c1-2-14-9-21(11-18(25-14)5-6-23-12-18)17(22)15-7-20-16(8-19-15)24-10-13-3-4-13/h7-8,13-14H,2-6,9-12H2,1H3/t14-,18-/m1/s1. The number of nitrogens with zero attached hydrogens (tertiary/aromatic N) is 3. The van der Waals surface area contributed by atoms with Crippen LogP contribution in [0.4, 0.5) is 0 Å². The summed E-state index contributed by atoms with van der Waals surface area (Å²) in [4.78, 5) is 23.2. The minimum atomic E-state index is -0.366. The third kappa shape index (κ3) is 3.77. The van der Waals surface area contributed by atoms with Crippen molar-refractivity contribution in [3.8, 4) is 5.88 Å². The van der Waals surface area contributed by atoms with Gasteiger partial charge in [-0.25, -0.2) is 9.97 Å². The molecule has 2 saturated heterocycles. The predicted octanol–water partition coefficient (Wildman–Crippen LogP) is 1.68. The van der Waals surface area contributed by atoms with Gasteiger partial charge in [-0.15, -0.1) is 0 Å². The zero-order valence-corrected chi connectivity index (χ0v) is 14.6. The first-order valence-electron chi connectivity index (χ1n) is 9.17. The Morgan fingerprint density at radius 2 is 2.28 bits per heavy atom. The van der Waals surface area contributed by atoms with E-state index in [1.54, 1.807) is 6.20 Å². The second kappa shape index (κ2) is 6.88. The third-order valence-corrected chi connectivity index (χ3v) is 5.14. The Bertz CT molecular complexity index is 611. The molecule has 1 spiro atoms. The molecule has 25 heavy (non-hydrogen) atoms. The van der Waals surface area contributed by atoms with Crippen LogP contribution in [0.5, 0.6) is 5.88 Å². The van der Waals surface area contributed by atoms with E-state index in [0.717, 1.165) is 12.8 Å². The van der Waals surface area contributed by atoms with Gasteiger partial charge in [0.05, 0.1) is 38.3 Å². The molecule has 7 nitrogen and oxygen atoms in total. The van der Waals surface area contributed by atoms with Gasteiger partial charge in [0, 0.05) is 19.6 Å². The van der Waals surface area contributed by atoms with Crippen molar-refractivity contribution in [1.82, 2.24) is 14.9 Å². The molecule has 4 rings (SSSR count). The van der Waals surface area contributed by atoms with Gasteiger partial charge in [0.25, 0.3) is 5.91 Å². The van der Waals surface area contributed by atoms with Crippen LogP contribution in [0.3, 0.4) is 0 Å². The lowest BCUT2D eigenvalue weighted by Gasteiger charge is -2.43. The SMILES string of the molecule is CC[C@@H]1CN(C(=O)c2cnc(OCC3CC3)cn2)C[C@@]2(CCOC2)O1. The fourth-order valence-electron chi connectivity index (χ4n) is 3.41. The van der Waals surface area contributed by atoms with Gasteiger partial charge in [-0.05, 0) is 25.2 Å². The number of carbonyl (C=O) groups excluding carboxylic acids is 1. The second-order valence-electron chi connectivity index (χ2n) is 7.31. The van der Waals surface area contributed by atoms with E-state index in [0.29, 0.717) is 50.4 Å². The smallest absolute Gasteiger partial charge is 0.274 e. The van der Waals surface area contributed by atoms with E-state index in [1.807, 2.05) is 4.90 Å². The maximum atomic E-state index is 12.9. The molecule has 1 amide bonds. The van der Waals surface area contributed by atoms with E-state index in [1.165, 1.54) is 19.0 Å². The van der Waals surface area contributed by atoms with Crippen molar-refractivity contribution in [3.05, 3.63) is 18.1 Å². The molecule has 1 aromatic rings. The molecule has 136 valence electrons. The Morgan fingerprint density at radius 1 is 1.40 bits per heavy atom. The number of rotatable bonds is 5. The Kier molecular flexibility index (Phi) is 4.60. The van der Waals surface area contributed by atoms with Gasteiger partial charge in [-0.1, -0.05) is 6.92 Å². The number of amides is 1. The highest BCUT2D eigenvalue weighted by Crippen LogP contribution is 2.32. The minimum absolute atomic E-state index is 0.0357. The summed E-state index contributed by atoms with van der Waals surface area (Å²) in [6.45, 7) is 5.13. The molecule has 0 bridgehead atoms. The molecule has 3 aliphatic rings. The minimum Gasteiger partial charge on any atom is -0.476 e. The summed E-state index contributed by atoms with van der Waals surface area (Å²) >= 11 is 0. The van der Waals surface area contributed by atoms with Crippen LogP contribution in [0.25, 0.3) is 0 Å². The highest BCUT2D eigenvalue weighted by Gasteiger charge is 2.45. The van der Waals surface area contributed by atoms with E-state index in [9.17, 15) is 4.79 Å². The second-order valence-corrected chi connectivity index (χ2v) is 7.31. The lowest BCUT2D eigenvalue weighted by molar-refractivity contribution is -0.145. The Balaban J connectivity index is 1.43. The molecule has 7 heteroatoms. The van der Waals surface area contributed by atoms with Crippen LogP contribution in [0.2, 0.25) is 0 Å². The molecule has 0 unspecified atom stereocenters. The van der Waals surface area contributed by atoms with Crippen LogP contribution in [0.1, 0.15) is 43.1 Å². The van der Waals surface area contributed by atoms with E-state index in [4.69, 9.17) is 14.2 Å². The number of hydrogen-bond donors (Lipinski definition) is 0. The molecule has 0 radical (unpaired) electrons. The molecule has 0 N–H and O–H groups in total. The Labute approximate surface area is 147 Å². The van der Waals surface area contributed by atoms with Crippen molar-refractivity contribution in [2.75, 3.05) is 32.9 Å². The highest BCUT2D eigenvalue weighted by atomic mass is 16.6. The van der Waals surface area contributed by atoms with Crippen LogP contribution in [0.15, 0.2) is 12.4 Å². The molecule has 3 heterocycles. The van der Waals surface area contributed by atoms with Crippen LogP contribution < -0.4 is 4.74 Å². The molecular weight excluding hydrogens is 322 g/mol. The van der Waals surface area contributed by atoms with Crippen molar-refractivity contribution < 1.29 is 19.0 Å². The molecule has 2 atom stereocenters. The number of ether oxygens (including phenoxy) is 3. The average molecular weight is 347 g/mol. The van der Waals surface area contributed by atoms with Crippen molar-refractivity contribution in [1.29, 1.82) is 0 Å². The molecular formula is C18H25N3O4. The van der Waals surface area contributed by atoms with E-state index < -0.39 is 0 Å². The molecule has 0 aromatic carbocycles. The average Bonchev–Trinajstić information content (AvgIpc) is 3.39. The molecule has 2 aliphatic heterocycles. The highest BCUT2D eigenvalue weighted by molar-refractivity contribution is 5.92. The zero-order valence-electron chi connectivity index (χ0n) is 14.6. The van der Waals surface area contributed by atoms with Crippen molar-refractivity contribution >= 4 is 5.91 Å². The van der Waals surface area contributed by atoms with Crippen LogP contribution in [-0.4, -0.2) is 65.4 Å². The maximum absolute atomic E-state index is 12.9. The first kappa shape index (κ1) is 16.7. The van der Waals surface area contributed by atoms with Gasteiger partial charge >= 0.3 is 0 Å². The maximum Gasteiger partial charge on any atom is 0.274 e. The Morgan fingerprint density at radius 3 is 2.92 bits per heavy atom. The fourth-order valence-corrected chi connectivity index (χ4v) is 3.41.